The highest BCUT2D eigenvalue weighted by Crippen LogP contribution is 2.48. The summed E-state index contributed by atoms with van der Waals surface area (Å²) in [4.78, 5) is 19.1. The Labute approximate surface area is 250 Å². The fourth-order valence-corrected chi connectivity index (χ4v) is 4.73. The molecule has 3 aromatic carbocycles. The van der Waals surface area contributed by atoms with Crippen molar-refractivity contribution >= 4 is 22.6 Å². The Hall–Kier alpha value is -4.57. The third kappa shape index (κ3) is 8.26. The zero-order valence-electron chi connectivity index (χ0n) is 24.5. The van der Waals surface area contributed by atoms with Crippen LogP contribution in [0.2, 0.25) is 0 Å². The third-order valence-electron chi connectivity index (χ3n) is 6.91. The number of nitrogens with one attached hydrogen (secondary N) is 2. The molecule has 0 atom stereocenters. The molecule has 0 spiro atoms. The molecule has 5 rings (SSSR count). The van der Waals surface area contributed by atoms with Crippen LogP contribution in [0.3, 0.4) is 0 Å². The van der Waals surface area contributed by atoms with Gasteiger partial charge in [0.2, 0.25) is 5.75 Å². The van der Waals surface area contributed by atoms with E-state index in [1.807, 2.05) is 6.07 Å². The van der Waals surface area contributed by atoms with E-state index in [0.29, 0.717) is 65.2 Å². The third-order valence-corrected chi connectivity index (χ3v) is 6.91. The summed E-state index contributed by atoms with van der Waals surface area (Å²) >= 11 is 0. The van der Waals surface area contributed by atoms with Crippen LogP contribution in [-0.4, -0.2) is 56.4 Å². The van der Waals surface area contributed by atoms with Crippen LogP contribution in [0.4, 0.5) is 14.9 Å². The Morgan fingerprint density at radius 1 is 0.930 bits per heavy atom. The zero-order chi connectivity index (χ0) is 30.0. The average Bonchev–Trinajstić information content (AvgIpc) is 3.01. The van der Waals surface area contributed by atoms with Gasteiger partial charge >= 0.3 is 6.03 Å². The van der Waals surface area contributed by atoms with Gasteiger partial charge in [-0.05, 0) is 81.5 Å². The van der Waals surface area contributed by atoms with Gasteiger partial charge in [-0.2, -0.15) is 0 Å². The summed E-state index contributed by atoms with van der Waals surface area (Å²) in [5.41, 5.74) is 2.07. The molecule has 4 aromatic rings. The number of carbonyl (C=O) groups excluding carboxylic acids is 1. The number of benzene rings is 3. The normalized spacial score (nSPS) is 12.3. The molecule has 10 heteroatoms. The van der Waals surface area contributed by atoms with E-state index in [9.17, 15) is 9.18 Å². The van der Waals surface area contributed by atoms with E-state index in [-0.39, 0.29) is 18.4 Å². The summed E-state index contributed by atoms with van der Waals surface area (Å²) in [6, 6.07) is 16.3. The number of hydrogen-bond donors (Lipinski definition) is 2. The molecule has 2 amide bonds. The lowest BCUT2D eigenvalue weighted by Gasteiger charge is -2.23. The maximum absolute atomic E-state index is 13.1. The van der Waals surface area contributed by atoms with Gasteiger partial charge in [0.15, 0.2) is 11.5 Å². The first kappa shape index (κ1) is 29.9. The second-order valence-electron chi connectivity index (χ2n) is 10.6. The van der Waals surface area contributed by atoms with E-state index in [2.05, 4.69) is 34.6 Å². The summed E-state index contributed by atoms with van der Waals surface area (Å²) < 4.78 is 37.5. The summed E-state index contributed by atoms with van der Waals surface area (Å²) in [6.07, 6.45) is 6.09. The second-order valence-corrected chi connectivity index (χ2v) is 10.6. The number of amides is 2. The van der Waals surface area contributed by atoms with E-state index in [1.165, 1.54) is 25.0 Å². The zero-order valence-corrected chi connectivity index (χ0v) is 24.5. The molecule has 0 fully saturated rings. The molecule has 0 aliphatic carbocycles. The lowest BCUT2D eigenvalue weighted by molar-refractivity contribution is 0.163. The number of aromatic nitrogens is 1. The molecule has 43 heavy (non-hydrogen) atoms. The number of halogens is 1. The van der Waals surface area contributed by atoms with Crippen molar-refractivity contribution in [1.82, 2.24) is 15.2 Å². The maximum Gasteiger partial charge on any atom is 0.319 e. The van der Waals surface area contributed by atoms with Crippen molar-refractivity contribution in [2.75, 3.05) is 45.8 Å². The van der Waals surface area contributed by atoms with Crippen molar-refractivity contribution in [3.8, 4) is 28.7 Å². The van der Waals surface area contributed by atoms with E-state index >= 15 is 0 Å². The van der Waals surface area contributed by atoms with Gasteiger partial charge < -0.3 is 34.5 Å². The van der Waals surface area contributed by atoms with Crippen molar-refractivity contribution in [2.45, 2.75) is 32.2 Å². The number of anilines is 1. The van der Waals surface area contributed by atoms with Crippen LogP contribution in [0.25, 0.3) is 10.9 Å². The number of hydrogen-bond acceptors (Lipinski definition) is 7. The highest BCUT2D eigenvalue weighted by Gasteiger charge is 2.24. The molecule has 2 N–H and O–H groups in total. The van der Waals surface area contributed by atoms with Crippen LogP contribution < -0.4 is 29.6 Å². The maximum atomic E-state index is 13.1. The van der Waals surface area contributed by atoms with E-state index < -0.39 is 0 Å². The van der Waals surface area contributed by atoms with Crippen LogP contribution in [0.5, 0.6) is 28.7 Å². The first-order valence-corrected chi connectivity index (χ1v) is 14.5. The Kier molecular flexibility index (Phi) is 10.1. The summed E-state index contributed by atoms with van der Waals surface area (Å²) in [7, 11) is 4.19. The Morgan fingerprint density at radius 2 is 1.67 bits per heavy atom. The number of unbranched alkanes of at least 4 members (excludes halogenated alkanes) is 3. The number of nitrogens with zero attached hydrogens (tertiary/aromatic N) is 2. The van der Waals surface area contributed by atoms with Crippen molar-refractivity contribution in [3.05, 3.63) is 78.2 Å². The van der Waals surface area contributed by atoms with Crippen LogP contribution in [0.1, 0.15) is 31.2 Å². The van der Waals surface area contributed by atoms with Gasteiger partial charge in [-0.15, -0.1) is 0 Å². The minimum absolute atomic E-state index is 0.280. The predicted molar refractivity (Wildman–Crippen MR) is 164 cm³/mol. The molecular weight excluding hydrogens is 551 g/mol. The highest BCUT2D eigenvalue weighted by atomic mass is 19.1. The monoisotopic (exact) mass is 588 g/mol. The van der Waals surface area contributed by atoms with Gasteiger partial charge in [0.25, 0.3) is 0 Å². The number of fused-ring (bicyclic) bond motifs is 3. The minimum Gasteiger partial charge on any atom is -0.489 e. The fraction of sp³-hybridized carbons (Fsp3) is 0.333. The Bertz CT molecular complexity index is 1510. The highest BCUT2D eigenvalue weighted by molar-refractivity contribution is 5.95. The van der Waals surface area contributed by atoms with Crippen LogP contribution in [-0.2, 0) is 6.54 Å². The second kappa shape index (κ2) is 14.6. The number of pyridine rings is 1. The fourth-order valence-electron chi connectivity index (χ4n) is 4.73. The van der Waals surface area contributed by atoms with E-state index in [1.54, 1.807) is 48.7 Å². The largest absolute Gasteiger partial charge is 0.489 e. The van der Waals surface area contributed by atoms with Crippen LogP contribution in [0, 0.1) is 5.82 Å². The predicted octanol–water partition coefficient (Wildman–Crippen LogP) is 6.76. The van der Waals surface area contributed by atoms with E-state index in [4.69, 9.17) is 18.9 Å². The van der Waals surface area contributed by atoms with Crippen molar-refractivity contribution in [3.63, 3.8) is 0 Å². The van der Waals surface area contributed by atoms with Gasteiger partial charge in [0, 0.05) is 24.5 Å². The van der Waals surface area contributed by atoms with Gasteiger partial charge in [-0.25, -0.2) is 9.18 Å². The van der Waals surface area contributed by atoms with Gasteiger partial charge in [0.1, 0.15) is 30.5 Å². The Morgan fingerprint density at radius 3 is 2.44 bits per heavy atom. The van der Waals surface area contributed by atoms with Crippen LogP contribution >= 0.6 is 0 Å². The molecule has 0 radical (unpaired) electrons. The minimum atomic E-state index is -0.371. The topological polar surface area (TPSA) is 94.2 Å². The summed E-state index contributed by atoms with van der Waals surface area (Å²) in [6.45, 7) is 2.81. The van der Waals surface area contributed by atoms with Gasteiger partial charge in [0.05, 0.1) is 17.5 Å². The van der Waals surface area contributed by atoms with Crippen LogP contribution in [0.15, 0.2) is 66.9 Å². The van der Waals surface area contributed by atoms with Crippen molar-refractivity contribution in [2.24, 2.45) is 0 Å². The first-order chi connectivity index (χ1) is 21.0. The number of urea groups is 1. The molecule has 0 saturated carbocycles. The molecule has 9 nitrogen and oxygen atoms in total. The molecule has 226 valence electrons. The number of ether oxygens (including phenoxy) is 4. The molecule has 0 bridgehead atoms. The molecule has 0 saturated heterocycles. The molecule has 1 aliphatic rings. The molecule has 1 aliphatic heterocycles. The summed E-state index contributed by atoms with van der Waals surface area (Å²) in [5.74, 6) is 2.57. The first-order valence-electron chi connectivity index (χ1n) is 14.5. The lowest BCUT2D eigenvalue weighted by atomic mass is 10.1. The summed E-state index contributed by atoms with van der Waals surface area (Å²) in [5, 5.41) is 6.24. The average molecular weight is 589 g/mol. The van der Waals surface area contributed by atoms with Crippen molar-refractivity contribution < 1.29 is 28.1 Å². The molecule has 2 heterocycles. The number of carbonyl (C=O) groups is 1. The van der Waals surface area contributed by atoms with Gasteiger partial charge in [-0.3, -0.25) is 4.98 Å². The number of rotatable bonds is 13. The quantitative estimate of drug-likeness (QED) is 0.167. The standard InChI is InChI=1S/C33H37FN4O5/c1-38(2)17-5-3-4-6-18-40-29-21-27-30(32-31(29)41-19-20-42-32)28(15-16-35-27)43-26-13-11-25(12-14-26)37-33(39)36-22-23-7-9-24(34)10-8-23/h7-16,21H,3-6,17-20,22H2,1-2H3,(H2,36,37,39). The Balaban J connectivity index is 1.22. The SMILES string of the molecule is CN(C)CCCCCCOc1cc2nccc(Oc3ccc(NC(=O)NCc4ccc(F)cc4)cc3)c2c2c1OCCO2. The lowest BCUT2D eigenvalue weighted by Crippen LogP contribution is -2.28. The smallest absolute Gasteiger partial charge is 0.319 e. The molecular formula is C33H37FN4O5. The van der Waals surface area contributed by atoms with Crippen molar-refractivity contribution in [1.29, 1.82) is 0 Å². The van der Waals surface area contributed by atoms with E-state index in [0.717, 1.165) is 24.9 Å². The molecule has 0 unspecified atom stereocenters. The van der Waals surface area contributed by atoms with Gasteiger partial charge in [-0.1, -0.05) is 25.0 Å². The molecule has 1 aromatic heterocycles.